The molecule has 1 heterocycles. The molecular formula is C11H20N4. The molecule has 2 unspecified atom stereocenters. The Morgan fingerprint density at radius 1 is 1.53 bits per heavy atom. The molecule has 0 bridgehead atoms. The standard InChI is InChI=1S/C11H20N4/c1-9-4-3-5-10(9)12-7-6-11-13-8-15(2)14-11/h8-10,12H,3-7H2,1-2H3. The lowest BCUT2D eigenvalue weighted by Gasteiger charge is -2.16. The SMILES string of the molecule is CC1CCCC1NCCc1ncn(C)n1. The van der Waals surface area contributed by atoms with Crippen molar-refractivity contribution < 1.29 is 0 Å². The Balaban J connectivity index is 1.70. The van der Waals surface area contributed by atoms with Gasteiger partial charge in [-0.05, 0) is 18.8 Å². The van der Waals surface area contributed by atoms with Crippen LogP contribution in [0.4, 0.5) is 0 Å². The van der Waals surface area contributed by atoms with Gasteiger partial charge in [-0.3, -0.25) is 4.68 Å². The molecule has 0 saturated heterocycles. The van der Waals surface area contributed by atoms with Crippen LogP contribution in [0.3, 0.4) is 0 Å². The molecule has 2 rings (SSSR count). The summed E-state index contributed by atoms with van der Waals surface area (Å²) in [4.78, 5) is 4.21. The van der Waals surface area contributed by atoms with Crippen LogP contribution in [0, 0.1) is 5.92 Å². The van der Waals surface area contributed by atoms with Crippen LogP contribution in [0.2, 0.25) is 0 Å². The smallest absolute Gasteiger partial charge is 0.151 e. The fourth-order valence-electron chi connectivity index (χ4n) is 2.32. The Morgan fingerprint density at radius 2 is 2.40 bits per heavy atom. The highest BCUT2D eigenvalue weighted by Gasteiger charge is 2.22. The minimum Gasteiger partial charge on any atom is -0.313 e. The molecule has 1 N–H and O–H groups in total. The summed E-state index contributed by atoms with van der Waals surface area (Å²) in [6.07, 6.45) is 6.77. The van der Waals surface area contributed by atoms with E-state index in [4.69, 9.17) is 0 Å². The number of aromatic nitrogens is 3. The second-order valence-corrected chi connectivity index (χ2v) is 4.55. The van der Waals surface area contributed by atoms with Gasteiger partial charge in [0.25, 0.3) is 0 Å². The van der Waals surface area contributed by atoms with Gasteiger partial charge in [-0.1, -0.05) is 13.3 Å². The molecule has 1 aromatic heterocycles. The van der Waals surface area contributed by atoms with Crippen molar-refractivity contribution >= 4 is 0 Å². The van der Waals surface area contributed by atoms with E-state index in [1.165, 1.54) is 19.3 Å². The third-order valence-corrected chi connectivity index (χ3v) is 3.26. The van der Waals surface area contributed by atoms with Crippen LogP contribution >= 0.6 is 0 Å². The fourth-order valence-corrected chi connectivity index (χ4v) is 2.32. The molecule has 0 amide bonds. The van der Waals surface area contributed by atoms with Crippen molar-refractivity contribution in [2.24, 2.45) is 13.0 Å². The quantitative estimate of drug-likeness (QED) is 0.806. The van der Waals surface area contributed by atoms with Crippen LogP contribution in [0.1, 0.15) is 32.0 Å². The molecule has 1 aromatic rings. The van der Waals surface area contributed by atoms with Gasteiger partial charge in [0.15, 0.2) is 5.82 Å². The summed E-state index contributed by atoms with van der Waals surface area (Å²) in [5.41, 5.74) is 0. The van der Waals surface area contributed by atoms with Gasteiger partial charge in [-0.2, -0.15) is 5.10 Å². The number of nitrogens with zero attached hydrogens (tertiary/aromatic N) is 3. The maximum absolute atomic E-state index is 4.26. The van der Waals surface area contributed by atoms with Crippen molar-refractivity contribution in [3.8, 4) is 0 Å². The summed E-state index contributed by atoms with van der Waals surface area (Å²) in [5.74, 6) is 1.78. The number of rotatable bonds is 4. The van der Waals surface area contributed by atoms with Gasteiger partial charge in [-0.15, -0.1) is 0 Å². The molecule has 15 heavy (non-hydrogen) atoms. The summed E-state index contributed by atoms with van der Waals surface area (Å²) >= 11 is 0. The summed E-state index contributed by atoms with van der Waals surface area (Å²) in [6.45, 7) is 3.34. The fraction of sp³-hybridized carbons (Fsp3) is 0.818. The molecule has 0 spiro atoms. The van der Waals surface area contributed by atoms with Gasteiger partial charge in [0.1, 0.15) is 6.33 Å². The van der Waals surface area contributed by atoms with Crippen LogP contribution < -0.4 is 5.32 Å². The predicted molar refractivity (Wildman–Crippen MR) is 59.5 cm³/mol. The second-order valence-electron chi connectivity index (χ2n) is 4.55. The third kappa shape index (κ3) is 2.78. The van der Waals surface area contributed by atoms with Crippen LogP contribution in [0.5, 0.6) is 0 Å². The van der Waals surface area contributed by atoms with E-state index < -0.39 is 0 Å². The Hall–Kier alpha value is -0.900. The summed E-state index contributed by atoms with van der Waals surface area (Å²) in [5, 5.41) is 7.86. The first kappa shape index (κ1) is 10.6. The van der Waals surface area contributed by atoms with Crippen LogP contribution in [0.25, 0.3) is 0 Å². The minimum atomic E-state index is 0.716. The molecule has 0 aromatic carbocycles. The Bertz CT molecular complexity index is 307. The highest BCUT2D eigenvalue weighted by Crippen LogP contribution is 2.24. The molecule has 1 fully saturated rings. The molecule has 0 radical (unpaired) electrons. The first-order valence-electron chi connectivity index (χ1n) is 5.83. The molecule has 1 saturated carbocycles. The zero-order valence-electron chi connectivity index (χ0n) is 9.61. The minimum absolute atomic E-state index is 0.716. The lowest BCUT2D eigenvalue weighted by atomic mass is 10.1. The number of nitrogens with one attached hydrogen (secondary N) is 1. The van der Waals surface area contributed by atoms with E-state index in [1.54, 1.807) is 11.0 Å². The van der Waals surface area contributed by atoms with E-state index in [0.29, 0.717) is 6.04 Å². The van der Waals surface area contributed by atoms with Crippen LogP contribution in [-0.2, 0) is 13.5 Å². The van der Waals surface area contributed by atoms with E-state index >= 15 is 0 Å². The summed E-state index contributed by atoms with van der Waals surface area (Å²) < 4.78 is 1.76. The lowest BCUT2D eigenvalue weighted by Crippen LogP contribution is -2.32. The Labute approximate surface area is 91.1 Å². The Kier molecular flexibility index (Phi) is 3.36. The van der Waals surface area contributed by atoms with E-state index in [2.05, 4.69) is 22.3 Å². The van der Waals surface area contributed by atoms with Crippen molar-refractivity contribution in [1.82, 2.24) is 20.1 Å². The molecule has 4 nitrogen and oxygen atoms in total. The summed E-state index contributed by atoms with van der Waals surface area (Å²) in [7, 11) is 1.91. The topological polar surface area (TPSA) is 42.7 Å². The Morgan fingerprint density at radius 3 is 3.00 bits per heavy atom. The number of aryl methyl sites for hydroxylation is 1. The zero-order valence-corrected chi connectivity index (χ0v) is 9.61. The number of hydrogen-bond acceptors (Lipinski definition) is 3. The van der Waals surface area contributed by atoms with Gasteiger partial charge in [-0.25, -0.2) is 4.98 Å². The van der Waals surface area contributed by atoms with Crippen LogP contribution in [0.15, 0.2) is 6.33 Å². The molecule has 84 valence electrons. The highest BCUT2D eigenvalue weighted by molar-refractivity contribution is 4.85. The normalized spacial score (nSPS) is 26.0. The number of hydrogen-bond donors (Lipinski definition) is 1. The zero-order chi connectivity index (χ0) is 10.7. The van der Waals surface area contributed by atoms with Gasteiger partial charge in [0.05, 0.1) is 0 Å². The van der Waals surface area contributed by atoms with Crippen molar-refractivity contribution in [2.45, 2.75) is 38.6 Å². The molecule has 1 aliphatic carbocycles. The molecule has 4 heteroatoms. The monoisotopic (exact) mass is 208 g/mol. The van der Waals surface area contributed by atoms with E-state index in [-0.39, 0.29) is 0 Å². The van der Waals surface area contributed by atoms with Crippen molar-refractivity contribution in [3.63, 3.8) is 0 Å². The van der Waals surface area contributed by atoms with Gasteiger partial charge >= 0.3 is 0 Å². The largest absolute Gasteiger partial charge is 0.313 e. The first-order chi connectivity index (χ1) is 7.25. The van der Waals surface area contributed by atoms with Crippen LogP contribution in [-0.4, -0.2) is 27.4 Å². The molecular weight excluding hydrogens is 188 g/mol. The molecule has 0 aliphatic heterocycles. The average molecular weight is 208 g/mol. The van der Waals surface area contributed by atoms with E-state index in [0.717, 1.165) is 24.7 Å². The second kappa shape index (κ2) is 4.75. The van der Waals surface area contributed by atoms with Crippen molar-refractivity contribution in [1.29, 1.82) is 0 Å². The first-order valence-corrected chi connectivity index (χ1v) is 5.83. The van der Waals surface area contributed by atoms with Crippen molar-refractivity contribution in [2.75, 3.05) is 6.54 Å². The average Bonchev–Trinajstić information content (AvgIpc) is 2.77. The van der Waals surface area contributed by atoms with Gasteiger partial charge in [0, 0.05) is 26.1 Å². The third-order valence-electron chi connectivity index (χ3n) is 3.26. The van der Waals surface area contributed by atoms with E-state index in [1.807, 2.05) is 7.05 Å². The summed E-state index contributed by atoms with van der Waals surface area (Å²) in [6, 6.07) is 0.716. The van der Waals surface area contributed by atoms with E-state index in [9.17, 15) is 0 Å². The van der Waals surface area contributed by atoms with Gasteiger partial charge in [0.2, 0.25) is 0 Å². The maximum Gasteiger partial charge on any atom is 0.151 e. The lowest BCUT2D eigenvalue weighted by molar-refractivity contribution is 0.428. The predicted octanol–water partition coefficient (Wildman–Crippen LogP) is 1.14. The van der Waals surface area contributed by atoms with Crippen molar-refractivity contribution in [3.05, 3.63) is 12.2 Å². The van der Waals surface area contributed by atoms with Gasteiger partial charge < -0.3 is 5.32 Å². The highest BCUT2D eigenvalue weighted by atomic mass is 15.3. The molecule has 2 atom stereocenters. The maximum atomic E-state index is 4.26. The molecule has 1 aliphatic rings.